The first-order chi connectivity index (χ1) is 11.7. The zero-order valence-corrected chi connectivity index (χ0v) is 13.6. The van der Waals surface area contributed by atoms with Crippen LogP contribution in [0.15, 0.2) is 42.9 Å². The van der Waals surface area contributed by atoms with Crippen molar-refractivity contribution >= 4 is 17.5 Å². The minimum atomic E-state index is -0.271. The van der Waals surface area contributed by atoms with E-state index in [1.165, 1.54) is 0 Å². The number of rotatable bonds is 4. The van der Waals surface area contributed by atoms with Crippen LogP contribution in [0.3, 0.4) is 0 Å². The molecule has 1 saturated heterocycles. The molecule has 2 aromatic heterocycles. The van der Waals surface area contributed by atoms with E-state index in [-0.39, 0.29) is 12.1 Å². The largest absolute Gasteiger partial charge is 0.378 e. The molecule has 7 heteroatoms. The molecule has 1 aliphatic rings. The summed E-state index contributed by atoms with van der Waals surface area (Å²) in [7, 11) is 0. The fourth-order valence-electron chi connectivity index (χ4n) is 2.52. The molecule has 0 radical (unpaired) electrons. The lowest BCUT2D eigenvalue weighted by Crippen LogP contribution is -2.36. The lowest BCUT2D eigenvalue weighted by Gasteiger charge is -2.27. The number of hydrogen-bond acceptors (Lipinski definition) is 5. The van der Waals surface area contributed by atoms with E-state index in [2.05, 4.69) is 25.5 Å². The summed E-state index contributed by atoms with van der Waals surface area (Å²) < 4.78 is 5.33. The first-order valence-electron chi connectivity index (χ1n) is 7.98. The Morgan fingerprint density at radius 1 is 1.25 bits per heavy atom. The van der Waals surface area contributed by atoms with Crippen LogP contribution in [0.4, 0.5) is 16.3 Å². The van der Waals surface area contributed by atoms with Gasteiger partial charge in [0.25, 0.3) is 0 Å². The Morgan fingerprint density at radius 2 is 2.08 bits per heavy atom. The van der Waals surface area contributed by atoms with Crippen molar-refractivity contribution in [1.29, 1.82) is 0 Å². The Kier molecular flexibility index (Phi) is 5.22. The van der Waals surface area contributed by atoms with Gasteiger partial charge < -0.3 is 20.3 Å². The van der Waals surface area contributed by atoms with Crippen LogP contribution >= 0.6 is 0 Å². The lowest BCUT2D eigenvalue weighted by molar-refractivity contribution is 0.122. The number of nitrogens with one attached hydrogen (secondary N) is 2. The Bertz CT molecular complexity index is 656. The smallest absolute Gasteiger partial charge is 0.319 e. The van der Waals surface area contributed by atoms with Gasteiger partial charge in [0.15, 0.2) is 0 Å². The Labute approximate surface area is 141 Å². The van der Waals surface area contributed by atoms with E-state index in [0.29, 0.717) is 5.69 Å². The van der Waals surface area contributed by atoms with Crippen molar-refractivity contribution in [3.8, 4) is 0 Å². The van der Waals surface area contributed by atoms with Crippen LogP contribution in [0.1, 0.15) is 18.5 Å². The molecule has 1 aliphatic heterocycles. The van der Waals surface area contributed by atoms with Crippen LogP contribution in [0.2, 0.25) is 0 Å². The maximum absolute atomic E-state index is 12.1. The van der Waals surface area contributed by atoms with Gasteiger partial charge in [-0.2, -0.15) is 0 Å². The molecular formula is C17H21N5O2. The monoisotopic (exact) mass is 327 g/mol. The average Bonchev–Trinajstić information content (AvgIpc) is 2.64. The van der Waals surface area contributed by atoms with Gasteiger partial charge in [-0.15, -0.1) is 0 Å². The van der Waals surface area contributed by atoms with Gasteiger partial charge in [-0.3, -0.25) is 4.98 Å². The van der Waals surface area contributed by atoms with Crippen molar-refractivity contribution in [3.05, 3.63) is 48.4 Å². The average molecular weight is 327 g/mol. The minimum absolute atomic E-state index is 0.126. The molecule has 1 atom stereocenters. The maximum Gasteiger partial charge on any atom is 0.319 e. The first kappa shape index (κ1) is 16.2. The van der Waals surface area contributed by atoms with Crippen molar-refractivity contribution < 1.29 is 9.53 Å². The summed E-state index contributed by atoms with van der Waals surface area (Å²) in [5.74, 6) is 0.896. The molecule has 2 aromatic rings. The molecule has 2 amide bonds. The van der Waals surface area contributed by atoms with E-state index in [4.69, 9.17) is 4.74 Å². The second-order valence-corrected chi connectivity index (χ2v) is 5.61. The number of pyridine rings is 2. The standard InChI is InChI=1S/C17H21N5O2/c1-13(14-3-2-6-18-11-14)20-17(23)21-15-4-5-16(19-12-15)22-7-9-24-10-8-22/h2-6,11-13H,7-10H2,1H3,(H2,20,21,23)/t13-/m1/s1. The van der Waals surface area contributed by atoms with Crippen LogP contribution in [-0.4, -0.2) is 42.3 Å². The van der Waals surface area contributed by atoms with Gasteiger partial charge in [0.1, 0.15) is 5.82 Å². The molecule has 0 bridgehead atoms. The van der Waals surface area contributed by atoms with Crippen LogP contribution in [0.25, 0.3) is 0 Å². The summed E-state index contributed by atoms with van der Waals surface area (Å²) in [5.41, 5.74) is 1.61. The third-order valence-electron chi connectivity index (χ3n) is 3.87. The van der Waals surface area contributed by atoms with Crippen LogP contribution < -0.4 is 15.5 Å². The summed E-state index contributed by atoms with van der Waals surface area (Å²) in [6, 6.07) is 7.14. The van der Waals surface area contributed by atoms with E-state index in [0.717, 1.165) is 37.7 Å². The molecule has 0 aliphatic carbocycles. The van der Waals surface area contributed by atoms with Crippen molar-refractivity contribution in [3.63, 3.8) is 0 Å². The summed E-state index contributed by atoms with van der Waals surface area (Å²) in [5, 5.41) is 5.67. The molecular weight excluding hydrogens is 306 g/mol. The summed E-state index contributed by atoms with van der Waals surface area (Å²) >= 11 is 0. The van der Waals surface area contributed by atoms with Crippen molar-refractivity contribution in [1.82, 2.24) is 15.3 Å². The Morgan fingerprint density at radius 3 is 2.75 bits per heavy atom. The third kappa shape index (κ3) is 4.20. The number of carbonyl (C=O) groups is 1. The molecule has 0 unspecified atom stereocenters. The van der Waals surface area contributed by atoms with E-state index >= 15 is 0 Å². The zero-order chi connectivity index (χ0) is 16.8. The van der Waals surface area contributed by atoms with Crippen LogP contribution in [-0.2, 0) is 4.74 Å². The number of amides is 2. The summed E-state index contributed by atoms with van der Waals surface area (Å²) in [4.78, 5) is 22.7. The number of ether oxygens (including phenoxy) is 1. The lowest BCUT2D eigenvalue weighted by atomic mass is 10.1. The SMILES string of the molecule is C[C@@H](NC(=O)Nc1ccc(N2CCOCC2)nc1)c1cccnc1. The molecule has 24 heavy (non-hydrogen) atoms. The molecule has 3 heterocycles. The fraction of sp³-hybridized carbons (Fsp3) is 0.353. The predicted octanol–water partition coefficient (Wildman–Crippen LogP) is 2.20. The number of morpholine rings is 1. The van der Waals surface area contributed by atoms with Crippen LogP contribution in [0.5, 0.6) is 0 Å². The zero-order valence-electron chi connectivity index (χ0n) is 13.6. The second-order valence-electron chi connectivity index (χ2n) is 5.61. The topological polar surface area (TPSA) is 79.4 Å². The van der Waals surface area contributed by atoms with E-state index in [1.54, 1.807) is 18.6 Å². The minimum Gasteiger partial charge on any atom is -0.378 e. The highest BCUT2D eigenvalue weighted by Crippen LogP contribution is 2.16. The molecule has 7 nitrogen and oxygen atoms in total. The number of nitrogens with zero attached hydrogens (tertiary/aromatic N) is 3. The highest BCUT2D eigenvalue weighted by Gasteiger charge is 2.13. The van der Waals surface area contributed by atoms with Gasteiger partial charge in [-0.05, 0) is 30.7 Å². The highest BCUT2D eigenvalue weighted by atomic mass is 16.5. The molecule has 3 rings (SSSR count). The number of carbonyl (C=O) groups excluding carboxylic acids is 1. The normalized spacial score (nSPS) is 15.6. The molecule has 0 saturated carbocycles. The number of urea groups is 1. The number of anilines is 2. The first-order valence-corrected chi connectivity index (χ1v) is 7.98. The molecule has 2 N–H and O–H groups in total. The Balaban J connectivity index is 1.54. The molecule has 1 fully saturated rings. The molecule has 0 spiro atoms. The molecule has 126 valence electrons. The van der Waals surface area contributed by atoms with E-state index in [1.807, 2.05) is 31.2 Å². The van der Waals surface area contributed by atoms with Crippen molar-refractivity contribution in [2.24, 2.45) is 0 Å². The Hall–Kier alpha value is -2.67. The quantitative estimate of drug-likeness (QED) is 0.900. The van der Waals surface area contributed by atoms with Crippen molar-refractivity contribution in [2.75, 3.05) is 36.5 Å². The number of aromatic nitrogens is 2. The van der Waals surface area contributed by atoms with E-state index in [9.17, 15) is 4.79 Å². The van der Waals surface area contributed by atoms with Gasteiger partial charge in [0.05, 0.1) is 31.1 Å². The van der Waals surface area contributed by atoms with Gasteiger partial charge in [-0.25, -0.2) is 9.78 Å². The van der Waals surface area contributed by atoms with Crippen LogP contribution in [0, 0.1) is 0 Å². The summed E-state index contributed by atoms with van der Waals surface area (Å²) in [6.45, 7) is 5.02. The summed E-state index contributed by atoms with van der Waals surface area (Å²) in [6.07, 6.45) is 5.11. The van der Waals surface area contributed by atoms with E-state index < -0.39 is 0 Å². The molecule has 0 aromatic carbocycles. The van der Waals surface area contributed by atoms with Gasteiger partial charge >= 0.3 is 6.03 Å². The number of hydrogen-bond donors (Lipinski definition) is 2. The van der Waals surface area contributed by atoms with Gasteiger partial charge in [-0.1, -0.05) is 6.07 Å². The predicted molar refractivity (Wildman–Crippen MR) is 92.1 cm³/mol. The maximum atomic E-state index is 12.1. The second kappa shape index (κ2) is 7.74. The third-order valence-corrected chi connectivity index (χ3v) is 3.87. The highest BCUT2D eigenvalue weighted by molar-refractivity contribution is 5.89. The van der Waals surface area contributed by atoms with Crippen molar-refractivity contribution in [2.45, 2.75) is 13.0 Å². The van der Waals surface area contributed by atoms with Gasteiger partial charge in [0, 0.05) is 25.5 Å². The fourth-order valence-corrected chi connectivity index (χ4v) is 2.52. The van der Waals surface area contributed by atoms with Gasteiger partial charge in [0.2, 0.25) is 0 Å².